The van der Waals surface area contributed by atoms with Crippen LogP contribution in [0, 0.1) is 27.7 Å². The van der Waals surface area contributed by atoms with Crippen LogP contribution in [0.3, 0.4) is 0 Å². The van der Waals surface area contributed by atoms with Crippen molar-refractivity contribution < 1.29 is 9.90 Å². The fraction of sp³-hybridized carbons (Fsp3) is 0.533. The molecule has 1 rings (SSSR count). The van der Waals surface area contributed by atoms with Crippen molar-refractivity contribution in [2.75, 3.05) is 7.05 Å². The molecule has 4 heteroatoms. The summed E-state index contributed by atoms with van der Waals surface area (Å²) in [5.41, 5.74) is 12.0. The molecule has 0 aliphatic heterocycles. The summed E-state index contributed by atoms with van der Waals surface area (Å²) in [5.74, 6) is -0.868. The molecule has 0 amide bonds. The highest BCUT2D eigenvalue weighted by molar-refractivity contribution is 5.67. The standard InChI is InChI=1S/C15H24N2O2/c1-8-6-9(2)11(4)14(10(8)3)15(17-5)12(16)7-13(18)19/h6,12,15,17H,7,16H2,1-5H3,(H,18,19). The maximum absolute atomic E-state index is 10.9. The second kappa shape index (κ2) is 6.17. The molecule has 0 radical (unpaired) electrons. The Labute approximate surface area is 115 Å². The van der Waals surface area contributed by atoms with Gasteiger partial charge >= 0.3 is 5.97 Å². The molecule has 0 heterocycles. The largest absolute Gasteiger partial charge is 0.481 e. The number of nitrogens with two attached hydrogens (primary N) is 1. The topological polar surface area (TPSA) is 75.3 Å². The highest BCUT2D eigenvalue weighted by atomic mass is 16.4. The van der Waals surface area contributed by atoms with Gasteiger partial charge in [0.15, 0.2) is 0 Å². The van der Waals surface area contributed by atoms with Crippen molar-refractivity contribution in [2.45, 2.75) is 46.2 Å². The monoisotopic (exact) mass is 264 g/mol. The van der Waals surface area contributed by atoms with E-state index in [0.29, 0.717) is 0 Å². The van der Waals surface area contributed by atoms with Gasteiger partial charge in [-0.25, -0.2) is 0 Å². The van der Waals surface area contributed by atoms with E-state index < -0.39 is 12.0 Å². The molecular weight excluding hydrogens is 240 g/mol. The molecule has 0 aliphatic carbocycles. The number of aliphatic carboxylic acids is 1. The van der Waals surface area contributed by atoms with Gasteiger partial charge in [-0.2, -0.15) is 0 Å². The Balaban J connectivity index is 3.29. The van der Waals surface area contributed by atoms with E-state index in [2.05, 4.69) is 39.1 Å². The van der Waals surface area contributed by atoms with Crippen LogP contribution in [-0.4, -0.2) is 24.2 Å². The Morgan fingerprint density at radius 1 is 1.26 bits per heavy atom. The number of hydrogen-bond acceptors (Lipinski definition) is 3. The summed E-state index contributed by atoms with van der Waals surface area (Å²) in [6, 6.07) is 1.57. The van der Waals surface area contributed by atoms with Crippen molar-refractivity contribution in [1.82, 2.24) is 5.32 Å². The van der Waals surface area contributed by atoms with E-state index in [1.54, 1.807) is 0 Å². The number of benzene rings is 1. The van der Waals surface area contributed by atoms with Gasteiger partial charge in [0.05, 0.1) is 6.42 Å². The SMILES string of the molecule is CNC(c1c(C)c(C)cc(C)c1C)C(N)CC(=O)O. The van der Waals surface area contributed by atoms with Crippen molar-refractivity contribution in [2.24, 2.45) is 5.73 Å². The van der Waals surface area contributed by atoms with Crippen molar-refractivity contribution >= 4 is 5.97 Å². The third-order valence-corrected chi connectivity index (χ3v) is 3.88. The summed E-state index contributed by atoms with van der Waals surface area (Å²) in [5, 5.41) is 12.1. The molecular formula is C15H24N2O2. The average Bonchev–Trinajstić information content (AvgIpc) is 2.31. The van der Waals surface area contributed by atoms with Gasteiger partial charge in [0.1, 0.15) is 0 Å². The van der Waals surface area contributed by atoms with E-state index in [4.69, 9.17) is 10.8 Å². The van der Waals surface area contributed by atoms with Gasteiger partial charge in [0.2, 0.25) is 0 Å². The van der Waals surface area contributed by atoms with Gasteiger partial charge in [-0.05, 0) is 62.6 Å². The summed E-state index contributed by atoms with van der Waals surface area (Å²) >= 11 is 0. The predicted molar refractivity (Wildman–Crippen MR) is 77.4 cm³/mol. The Bertz CT molecular complexity index is 457. The van der Waals surface area contributed by atoms with E-state index in [-0.39, 0.29) is 12.5 Å². The van der Waals surface area contributed by atoms with E-state index in [1.165, 1.54) is 22.3 Å². The minimum atomic E-state index is -0.868. The lowest BCUT2D eigenvalue weighted by Crippen LogP contribution is -2.39. The fourth-order valence-electron chi connectivity index (χ4n) is 2.61. The minimum absolute atomic E-state index is 0.0443. The first-order valence-corrected chi connectivity index (χ1v) is 6.51. The maximum Gasteiger partial charge on any atom is 0.304 e. The van der Waals surface area contributed by atoms with Crippen molar-refractivity contribution in [3.05, 3.63) is 33.9 Å². The van der Waals surface area contributed by atoms with Crippen LogP contribution in [0.5, 0.6) is 0 Å². The van der Waals surface area contributed by atoms with Crippen LogP contribution in [-0.2, 0) is 4.79 Å². The lowest BCUT2D eigenvalue weighted by molar-refractivity contribution is -0.137. The summed E-state index contributed by atoms with van der Waals surface area (Å²) in [4.78, 5) is 10.9. The Hall–Kier alpha value is -1.39. The van der Waals surface area contributed by atoms with Crippen molar-refractivity contribution in [3.63, 3.8) is 0 Å². The van der Waals surface area contributed by atoms with Crippen LogP contribution in [0.1, 0.15) is 40.3 Å². The number of hydrogen-bond donors (Lipinski definition) is 3. The number of likely N-dealkylation sites (N-methyl/N-ethyl adjacent to an activating group) is 1. The van der Waals surface area contributed by atoms with Crippen LogP contribution in [0.2, 0.25) is 0 Å². The highest BCUT2D eigenvalue weighted by Crippen LogP contribution is 2.29. The molecule has 0 aliphatic rings. The maximum atomic E-state index is 10.9. The van der Waals surface area contributed by atoms with E-state index in [0.717, 1.165) is 5.56 Å². The number of rotatable bonds is 5. The Morgan fingerprint density at radius 2 is 1.74 bits per heavy atom. The van der Waals surface area contributed by atoms with Crippen LogP contribution in [0.4, 0.5) is 0 Å². The molecule has 2 atom stereocenters. The smallest absolute Gasteiger partial charge is 0.304 e. The number of carboxylic acid groups (broad SMARTS) is 1. The van der Waals surface area contributed by atoms with E-state index in [1.807, 2.05) is 7.05 Å². The van der Waals surface area contributed by atoms with Crippen LogP contribution >= 0.6 is 0 Å². The molecule has 4 nitrogen and oxygen atoms in total. The van der Waals surface area contributed by atoms with E-state index >= 15 is 0 Å². The number of carbonyl (C=O) groups is 1. The molecule has 0 fully saturated rings. The molecule has 106 valence electrons. The van der Waals surface area contributed by atoms with Crippen molar-refractivity contribution in [1.29, 1.82) is 0 Å². The van der Waals surface area contributed by atoms with Gasteiger partial charge in [-0.15, -0.1) is 0 Å². The average molecular weight is 264 g/mol. The minimum Gasteiger partial charge on any atom is -0.481 e. The molecule has 1 aromatic carbocycles. The van der Waals surface area contributed by atoms with Gasteiger partial charge in [0.25, 0.3) is 0 Å². The lowest BCUT2D eigenvalue weighted by atomic mass is 9.86. The fourth-order valence-corrected chi connectivity index (χ4v) is 2.61. The van der Waals surface area contributed by atoms with Gasteiger partial charge in [-0.1, -0.05) is 6.07 Å². The number of nitrogens with one attached hydrogen (secondary N) is 1. The molecule has 0 bridgehead atoms. The zero-order chi connectivity index (χ0) is 14.7. The second-order valence-electron chi connectivity index (χ2n) is 5.20. The summed E-state index contributed by atoms with van der Waals surface area (Å²) in [6.45, 7) is 8.27. The molecule has 4 N–H and O–H groups in total. The third-order valence-electron chi connectivity index (χ3n) is 3.88. The molecule has 0 saturated heterocycles. The van der Waals surface area contributed by atoms with E-state index in [9.17, 15) is 4.79 Å². The predicted octanol–water partition coefficient (Wildman–Crippen LogP) is 1.98. The Morgan fingerprint density at radius 3 is 2.11 bits per heavy atom. The van der Waals surface area contributed by atoms with Crippen LogP contribution in [0.25, 0.3) is 0 Å². The quantitative estimate of drug-likeness (QED) is 0.760. The lowest BCUT2D eigenvalue weighted by Gasteiger charge is -2.28. The molecule has 2 unspecified atom stereocenters. The van der Waals surface area contributed by atoms with Crippen LogP contribution in [0.15, 0.2) is 6.07 Å². The van der Waals surface area contributed by atoms with Crippen LogP contribution < -0.4 is 11.1 Å². The number of aryl methyl sites for hydroxylation is 2. The first-order valence-electron chi connectivity index (χ1n) is 6.51. The zero-order valence-electron chi connectivity index (χ0n) is 12.4. The summed E-state index contributed by atoms with van der Waals surface area (Å²) in [7, 11) is 1.82. The Kier molecular flexibility index (Phi) is 5.09. The van der Waals surface area contributed by atoms with Gasteiger partial charge < -0.3 is 16.2 Å². The molecule has 19 heavy (non-hydrogen) atoms. The molecule has 0 spiro atoms. The second-order valence-corrected chi connectivity index (χ2v) is 5.20. The van der Waals surface area contributed by atoms with Gasteiger partial charge in [0, 0.05) is 12.1 Å². The summed E-state index contributed by atoms with van der Waals surface area (Å²) < 4.78 is 0. The van der Waals surface area contributed by atoms with Gasteiger partial charge in [-0.3, -0.25) is 4.79 Å². The number of carboxylic acids is 1. The molecule has 1 aromatic rings. The first kappa shape index (κ1) is 15.7. The van der Waals surface area contributed by atoms with Crippen molar-refractivity contribution in [3.8, 4) is 0 Å². The molecule has 0 aromatic heterocycles. The first-order chi connectivity index (χ1) is 8.79. The summed E-state index contributed by atoms with van der Waals surface area (Å²) in [6.07, 6.45) is -0.0443. The third kappa shape index (κ3) is 3.33. The normalized spacial score (nSPS) is 14.2. The highest BCUT2D eigenvalue weighted by Gasteiger charge is 2.24. The zero-order valence-corrected chi connectivity index (χ0v) is 12.4. The molecule has 0 saturated carbocycles.